The normalized spacial score (nSPS) is 47.3. The number of carbonyl (C=O) groups is 1. The number of nitrogens with one attached hydrogen (secondary N) is 1. The summed E-state index contributed by atoms with van der Waals surface area (Å²) in [7, 11) is 0. The van der Waals surface area contributed by atoms with Gasteiger partial charge in [0.1, 0.15) is 6.10 Å². The van der Waals surface area contributed by atoms with Crippen LogP contribution in [0, 0.1) is 34.5 Å². The lowest BCUT2D eigenvalue weighted by Crippen LogP contribution is -2.53. The van der Waals surface area contributed by atoms with Gasteiger partial charge in [-0.05, 0) is 99.2 Å². The summed E-state index contributed by atoms with van der Waals surface area (Å²) in [5.41, 5.74) is 1.08. The average Bonchev–Trinajstić information content (AvgIpc) is 3.03. The summed E-state index contributed by atoms with van der Waals surface area (Å²) in [6.07, 6.45) is 12.9. The minimum atomic E-state index is -0.363. The summed E-state index contributed by atoms with van der Waals surface area (Å²) in [4.78, 5) is 12.1. The number of alkyl carbamates (subject to hydrolysis) is 1. The first-order chi connectivity index (χ1) is 12.9. The summed E-state index contributed by atoms with van der Waals surface area (Å²) in [5.74, 6) is 3.50. The van der Waals surface area contributed by atoms with E-state index in [0.29, 0.717) is 16.7 Å². The molecule has 154 valence electrons. The molecule has 0 aromatic carbocycles. The molecule has 27 heavy (non-hydrogen) atoms. The summed E-state index contributed by atoms with van der Waals surface area (Å²) in [5, 5.41) is 11.8. The Labute approximate surface area is 164 Å². The topological polar surface area (TPSA) is 58.6 Å². The van der Waals surface area contributed by atoms with Crippen LogP contribution in [0.4, 0.5) is 4.79 Å². The highest BCUT2D eigenvalue weighted by atomic mass is 16.6. The Morgan fingerprint density at radius 3 is 2.70 bits per heavy atom. The first kappa shape index (κ1) is 19.5. The van der Waals surface area contributed by atoms with Gasteiger partial charge >= 0.3 is 6.09 Å². The molecule has 4 aliphatic rings. The van der Waals surface area contributed by atoms with E-state index in [1.54, 1.807) is 6.92 Å². The van der Waals surface area contributed by atoms with Crippen molar-refractivity contribution in [3.63, 3.8) is 0 Å². The molecule has 0 aliphatic heterocycles. The zero-order valence-corrected chi connectivity index (χ0v) is 17.5. The highest BCUT2D eigenvalue weighted by molar-refractivity contribution is 5.67. The molecule has 0 spiro atoms. The molecule has 0 radical (unpaired) electrons. The second-order valence-corrected chi connectivity index (χ2v) is 10.8. The molecule has 8 atom stereocenters. The van der Waals surface area contributed by atoms with Gasteiger partial charge in [0, 0.05) is 0 Å². The molecule has 0 saturated heterocycles. The fraction of sp³-hybridized carbons (Fsp3) is 0.957. The van der Waals surface area contributed by atoms with Crippen LogP contribution >= 0.6 is 0 Å². The van der Waals surface area contributed by atoms with E-state index in [4.69, 9.17) is 9.84 Å². The van der Waals surface area contributed by atoms with Crippen LogP contribution in [0.25, 0.3) is 0 Å². The van der Waals surface area contributed by atoms with Gasteiger partial charge in [0.05, 0.1) is 12.6 Å². The van der Waals surface area contributed by atoms with Crippen LogP contribution in [0.1, 0.15) is 85.0 Å². The number of hydrogen-bond donors (Lipinski definition) is 2. The lowest BCUT2D eigenvalue weighted by molar-refractivity contribution is -0.121. The Hall–Kier alpha value is -0.770. The van der Waals surface area contributed by atoms with Crippen LogP contribution in [-0.2, 0) is 4.74 Å². The fourth-order valence-corrected chi connectivity index (χ4v) is 7.75. The second kappa shape index (κ2) is 7.24. The van der Waals surface area contributed by atoms with Crippen molar-refractivity contribution >= 4 is 6.09 Å². The molecule has 0 aromatic heterocycles. The maximum absolute atomic E-state index is 12.1. The zero-order chi connectivity index (χ0) is 19.2. The predicted octanol–water partition coefficient (Wildman–Crippen LogP) is 4.89. The number of hydrogen-bond acceptors (Lipinski definition) is 3. The van der Waals surface area contributed by atoms with Gasteiger partial charge in [0.15, 0.2) is 0 Å². The number of rotatable bonds is 3. The van der Waals surface area contributed by atoms with Crippen molar-refractivity contribution < 1.29 is 14.6 Å². The molecule has 0 heterocycles. The van der Waals surface area contributed by atoms with Crippen LogP contribution in [0.2, 0.25) is 0 Å². The molecular formula is C23H39NO3. The Morgan fingerprint density at radius 2 is 1.93 bits per heavy atom. The van der Waals surface area contributed by atoms with E-state index >= 15 is 0 Å². The van der Waals surface area contributed by atoms with E-state index in [0.717, 1.165) is 30.6 Å². The largest absolute Gasteiger partial charge is 0.446 e. The molecule has 1 amide bonds. The molecule has 0 bridgehead atoms. The van der Waals surface area contributed by atoms with E-state index < -0.39 is 0 Å². The summed E-state index contributed by atoms with van der Waals surface area (Å²) in [6, 6.07) is -0.246. The van der Waals surface area contributed by atoms with Gasteiger partial charge in [-0.2, -0.15) is 0 Å². The highest BCUT2D eigenvalue weighted by Gasteiger charge is 2.58. The van der Waals surface area contributed by atoms with Gasteiger partial charge in [0.2, 0.25) is 0 Å². The lowest BCUT2D eigenvalue weighted by Gasteiger charge is -2.60. The van der Waals surface area contributed by atoms with E-state index in [2.05, 4.69) is 19.2 Å². The SMILES string of the molecule is CC(CO)NC(=O)OC1CC[C@@]2(C)C(CC[C@@H]3[C@H]2CC[C@]2(C)CCC[C@@H]32)C1. The molecular weight excluding hydrogens is 338 g/mol. The second-order valence-electron chi connectivity index (χ2n) is 10.8. The molecule has 4 aliphatic carbocycles. The number of ether oxygens (including phenoxy) is 1. The number of fused-ring (bicyclic) bond motifs is 5. The van der Waals surface area contributed by atoms with Crippen molar-refractivity contribution in [1.29, 1.82) is 0 Å². The molecule has 2 N–H and O–H groups in total. The van der Waals surface area contributed by atoms with Crippen molar-refractivity contribution in [3.8, 4) is 0 Å². The van der Waals surface area contributed by atoms with Gasteiger partial charge in [-0.1, -0.05) is 20.3 Å². The molecule has 4 rings (SSSR count). The minimum Gasteiger partial charge on any atom is -0.446 e. The van der Waals surface area contributed by atoms with Crippen LogP contribution in [0.5, 0.6) is 0 Å². The summed E-state index contributed by atoms with van der Waals surface area (Å²) in [6.45, 7) is 6.88. The summed E-state index contributed by atoms with van der Waals surface area (Å²) >= 11 is 0. The van der Waals surface area contributed by atoms with E-state index in [1.807, 2.05) is 0 Å². The Morgan fingerprint density at radius 1 is 1.11 bits per heavy atom. The van der Waals surface area contributed by atoms with Gasteiger partial charge in [-0.15, -0.1) is 0 Å². The Balaban J connectivity index is 1.40. The number of amides is 1. The van der Waals surface area contributed by atoms with Crippen molar-refractivity contribution in [2.75, 3.05) is 6.61 Å². The quantitative estimate of drug-likeness (QED) is 0.736. The van der Waals surface area contributed by atoms with Crippen molar-refractivity contribution in [2.24, 2.45) is 34.5 Å². The molecule has 0 aromatic rings. The lowest BCUT2D eigenvalue weighted by atomic mass is 9.45. The van der Waals surface area contributed by atoms with Gasteiger partial charge in [-0.25, -0.2) is 4.79 Å². The van der Waals surface area contributed by atoms with Crippen molar-refractivity contribution in [3.05, 3.63) is 0 Å². The van der Waals surface area contributed by atoms with E-state index in [-0.39, 0.29) is 24.8 Å². The van der Waals surface area contributed by atoms with Gasteiger partial charge < -0.3 is 15.2 Å². The Bertz CT molecular complexity index is 566. The molecule has 4 nitrogen and oxygen atoms in total. The highest BCUT2D eigenvalue weighted by Crippen LogP contribution is 2.66. The van der Waals surface area contributed by atoms with E-state index in [9.17, 15) is 4.79 Å². The third-order valence-corrected chi connectivity index (χ3v) is 9.31. The zero-order valence-electron chi connectivity index (χ0n) is 17.5. The average molecular weight is 378 g/mol. The standard InChI is InChI=1S/C23H39NO3/c1-15(14-25)24-21(26)27-17-8-12-23(3)16(13-17)6-7-18-19-5-4-10-22(19,2)11-9-20(18)23/h15-20,25H,4-14H2,1-3H3,(H,24,26)/t15?,16?,17?,18-,19-,20+,22-,23-/m0/s1. The summed E-state index contributed by atoms with van der Waals surface area (Å²) < 4.78 is 5.72. The first-order valence-corrected chi connectivity index (χ1v) is 11.4. The number of carbonyl (C=O) groups excluding carboxylic acids is 1. The molecule has 4 heteroatoms. The smallest absolute Gasteiger partial charge is 0.407 e. The van der Waals surface area contributed by atoms with Crippen molar-refractivity contribution in [2.45, 2.75) is 97.1 Å². The maximum Gasteiger partial charge on any atom is 0.407 e. The third-order valence-electron chi connectivity index (χ3n) is 9.31. The molecule has 4 saturated carbocycles. The number of aliphatic hydroxyl groups excluding tert-OH is 1. The number of aliphatic hydroxyl groups is 1. The minimum absolute atomic E-state index is 0.0471. The van der Waals surface area contributed by atoms with Crippen LogP contribution in [0.3, 0.4) is 0 Å². The monoisotopic (exact) mass is 377 g/mol. The van der Waals surface area contributed by atoms with Crippen LogP contribution < -0.4 is 5.32 Å². The van der Waals surface area contributed by atoms with Gasteiger partial charge in [0.25, 0.3) is 0 Å². The van der Waals surface area contributed by atoms with Crippen LogP contribution in [0.15, 0.2) is 0 Å². The molecule has 4 fully saturated rings. The molecule has 3 unspecified atom stereocenters. The van der Waals surface area contributed by atoms with Crippen molar-refractivity contribution in [1.82, 2.24) is 5.32 Å². The van der Waals surface area contributed by atoms with E-state index in [1.165, 1.54) is 51.4 Å². The van der Waals surface area contributed by atoms with Crippen LogP contribution in [-0.4, -0.2) is 30.0 Å². The Kier molecular flexibility index (Phi) is 5.24. The van der Waals surface area contributed by atoms with Gasteiger partial charge in [-0.3, -0.25) is 0 Å². The fourth-order valence-electron chi connectivity index (χ4n) is 7.75. The third kappa shape index (κ3) is 3.41. The maximum atomic E-state index is 12.1. The first-order valence-electron chi connectivity index (χ1n) is 11.4. The predicted molar refractivity (Wildman–Crippen MR) is 106 cm³/mol.